The average molecular weight is 350 g/mol. The molecular weight excluding hydrogens is 324 g/mol. The van der Waals surface area contributed by atoms with Crippen LogP contribution in [0.5, 0.6) is 0 Å². The number of likely N-dealkylation sites (tertiary alicyclic amines) is 1. The molecule has 1 saturated carbocycles. The van der Waals surface area contributed by atoms with E-state index in [0.29, 0.717) is 5.56 Å². The number of benzene rings is 1. The van der Waals surface area contributed by atoms with Crippen LogP contribution in [0.15, 0.2) is 29.2 Å². The summed E-state index contributed by atoms with van der Waals surface area (Å²) in [5, 5.41) is 0. The van der Waals surface area contributed by atoms with Gasteiger partial charge in [-0.3, -0.25) is 4.79 Å². The zero-order valence-corrected chi connectivity index (χ0v) is 14.9. The van der Waals surface area contributed by atoms with Crippen LogP contribution >= 0.6 is 0 Å². The maximum atomic E-state index is 12.5. The van der Waals surface area contributed by atoms with Crippen LogP contribution in [0.3, 0.4) is 0 Å². The lowest BCUT2D eigenvalue weighted by atomic mass is 10.1. The highest BCUT2D eigenvalue weighted by Crippen LogP contribution is 2.20. The van der Waals surface area contributed by atoms with Gasteiger partial charge in [0.25, 0.3) is 5.91 Å². The van der Waals surface area contributed by atoms with Crippen molar-refractivity contribution >= 4 is 15.9 Å². The van der Waals surface area contributed by atoms with E-state index in [1.165, 1.54) is 12.8 Å². The van der Waals surface area contributed by atoms with Gasteiger partial charge in [0, 0.05) is 24.7 Å². The quantitative estimate of drug-likeness (QED) is 0.849. The number of carbonyl (C=O) groups excluding carboxylic acids is 1. The SMILES string of the molecule is O=C(c1ccc(S(=O)(=O)NC2CCCCCC2)cc1)N1CCCC1. The van der Waals surface area contributed by atoms with E-state index in [1.54, 1.807) is 24.3 Å². The third kappa shape index (κ3) is 4.16. The molecule has 1 aliphatic carbocycles. The normalized spacial score (nSPS) is 20.1. The number of nitrogens with one attached hydrogen (secondary N) is 1. The Hall–Kier alpha value is -1.40. The monoisotopic (exact) mass is 350 g/mol. The Balaban J connectivity index is 1.68. The highest BCUT2D eigenvalue weighted by Gasteiger charge is 2.23. The molecule has 1 aromatic rings. The molecule has 3 rings (SSSR count). The molecule has 0 unspecified atom stereocenters. The van der Waals surface area contributed by atoms with Crippen molar-refractivity contribution in [2.45, 2.75) is 62.3 Å². The predicted octanol–water partition coefficient (Wildman–Crippen LogP) is 2.92. The van der Waals surface area contributed by atoms with Crippen LogP contribution < -0.4 is 4.72 Å². The zero-order valence-electron chi connectivity index (χ0n) is 14.0. The summed E-state index contributed by atoms with van der Waals surface area (Å²) in [6.07, 6.45) is 8.44. The Morgan fingerprint density at radius 3 is 2.08 bits per heavy atom. The number of amides is 1. The number of hydrogen-bond donors (Lipinski definition) is 1. The first kappa shape index (κ1) is 17.4. The molecule has 1 saturated heterocycles. The Kier molecular flexibility index (Phi) is 5.56. The summed E-state index contributed by atoms with van der Waals surface area (Å²) in [7, 11) is -3.51. The van der Waals surface area contributed by atoms with Crippen LogP contribution in [0.25, 0.3) is 0 Å². The number of rotatable bonds is 4. The van der Waals surface area contributed by atoms with E-state index in [-0.39, 0.29) is 16.8 Å². The minimum absolute atomic E-state index is 0.00632. The zero-order chi connectivity index (χ0) is 17.0. The molecule has 0 atom stereocenters. The summed E-state index contributed by atoms with van der Waals surface area (Å²) in [5.41, 5.74) is 0.560. The molecule has 1 heterocycles. The van der Waals surface area contributed by atoms with E-state index in [0.717, 1.165) is 51.6 Å². The summed E-state index contributed by atoms with van der Waals surface area (Å²) in [6.45, 7) is 1.59. The molecule has 132 valence electrons. The number of nitrogens with zero attached hydrogens (tertiary/aromatic N) is 1. The van der Waals surface area contributed by atoms with Gasteiger partial charge in [0.2, 0.25) is 10.0 Å². The van der Waals surface area contributed by atoms with Crippen molar-refractivity contribution in [1.29, 1.82) is 0 Å². The Labute approximate surface area is 144 Å². The smallest absolute Gasteiger partial charge is 0.253 e. The highest BCUT2D eigenvalue weighted by molar-refractivity contribution is 7.89. The van der Waals surface area contributed by atoms with Gasteiger partial charge in [0.1, 0.15) is 0 Å². The van der Waals surface area contributed by atoms with Crippen molar-refractivity contribution in [2.75, 3.05) is 13.1 Å². The summed E-state index contributed by atoms with van der Waals surface area (Å²) < 4.78 is 27.9. The van der Waals surface area contributed by atoms with Crippen LogP contribution in [-0.2, 0) is 10.0 Å². The standard InChI is InChI=1S/C18H26N2O3S/c21-18(20-13-5-6-14-20)15-9-11-17(12-10-15)24(22,23)19-16-7-3-1-2-4-8-16/h9-12,16,19H,1-8,13-14H2. The molecule has 6 heteroatoms. The van der Waals surface area contributed by atoms with Crippen LogP contribution in [0.2, 0.25) is 0 Å². The van der Waals surface area contributed by atoms with Gasteiger partial charge in [0.05, 0.1) is 4.90 Å². The third-order valence-corrected chi connectivity index (χ3v) is 6.52. The van der Waals surface area contributed by atoms with Crippen molar-refractivity contribution in [3.8, 4) is 0 Å². The van der Waals surface area contributed by atoms with E-state index in [1.807, 2.05) is 4.90 Å². The lowest BCUT2D eigenvalue weighted by Crippen LogP contribution is -2.34. The van der Waals surface area contributed by atoms with Gasteiger partial charge in [0.15, 0.2) is 0 Å². The molecule has 2 fully saturated rings. The topological polar surface area (TPSA) is 66.5 Å². The summed E-state index contributed by atoms with van der Waals surface area (Å²) >= 11 is 0. The molecular formula is C18H26N2O3S. The summed E-state index contributed by atoms with van der Waals surface area (Å²) in [4.78, 5) is 14.4. The minimum atomic E-state index is -3.51. The van der Waals surface area contributed by atoms with Gasteiger partial charge >= 0.3 is 0 Å². The maximum Gasteiger partial charge on any atom is 0.253 e. The van der Waals surface area contributed by atoms with Gasteiger partial charge < -0.3 is 4.90 Å². The van der Waals surface area contributed by atoms with Gasteiger partial charge in [-0.1, -0.05) is 25.7 Å². The fourth-order valence-corrected chi connectivity index (χ4v) is 4.87. The van der Waals surface area contributed by atoms with Crippen LogP contribution in [-0.4, -0.2) is 38.4 Å². The van der Waals surface area contributed by atoms with Crippen molar-refractivity contribution in [3.05, 3.63) is 29.8 Å². The Morgan fingerprint density at radius 2 is 1.50 bits per heavy atom. The maximum absolute atomic E-state index is 12.5. The Morgan fingerprint density at radius 1 is 0.917 bits per heavy atom. The average Bonchev–Trinajstić information content (AvgIpc) is 3.00. The lowest BCUT2D eigenvalue weighted by Gasteiger charge is -2.17. The number of sulfonamides is 1. The van der Waals surface area contributed by atoms with Crippen LogP contribution in [0.4, 0.5) is 0 Å². The minimum Gasteiger partial charge on any atom is -0.339 e. The molecule has 0 radical (unpaired) electrons. The van der Waals surface area contributed by atoms with Gasteiger partial charge in [-0.15, -0.1) is 0 Å². The second kappa shape index (κ2) is 7.66. The van der Waals surface area contributed by atoms with E-state index in [9.17, 15) is 13.2 Å². The molecule has 1 N–H and O–H groups in total. The first-order chi connectivity index (χ1) is 11.6. The van der Waals surface area contributed by atoms with Crippen molar-refractivity contribution in [2.24, 2.45) is 0 Å². The molecule has 2 aliphatic rings. The third-order valence-electron chi connectivity index (χ3n) is 4.98. The van der Waals surface area contributed by atoms with Gasteiger partial charge in [-0.05, 0) is 49.9 Å². The molecule has 0 aromatic heterocycles. The lowest BCUT2D eigenvalue weighted by molar-refractivity contribution is 0.0792. The first-order valence-electron chi connectivity index (χ1n) is 8.98. The Bertz CT molecular complexity index is 656. The van der Waals surface area contributed by atoms with E-state index in [4.69, 9.17) is 0 Å². The predicted molar refractivity (Wildman–Crippen MR) is 93.4 cm³/mol. The second-order valence-corrected chi connectivity index (χ2v) is 8.55. The molecule has 0 spiro atoms. The number of carbonyl (C=O) groups is 1. The molecule has 1 aromatic carbocycles. The van der Waals surface area contributed by atoms with E-state index < -0.39 is 10.0 Å². The molecule has 0 bridgehead atoms. The molecule has 24 heavy (non-hydrogen) atoms. The molecule has 1 amide bonds. The molecule has 5 nitrogen and oxygen atoms in total. The van der Waals surface area contributed by atoms with Crippen LogP contribution in [0, 0.1) is 0 Å². The second-order valence-electron chi connectivity index (χ2n) is 6.83. The fraction of sp³-hybridized carbons (Fsp3) is 0.611. The highest BCUT2D eigenvalue weighted by atomic mass is 32.2. The first-order valence-corrected chi connectivity index (χ1v) is 10.5. The number of hydrogen-bond acceptors (Lipinski definition) is 3. The van der Waals surface area contributed by atoms with Gasteiger partial charge in [-0.2, -0.15) is 0 Å². The van der Waals surface area contributed by atoms with Crippen molar-refractivity contribution in [3.63, 3.8) is 0 Å². The summed E-state index contributed by atoms with van der Waals surface area (Å²) in [6, 6.07) is 6.37. The fourth-order valence-electron chi connectivity index (χ4n) is 3.56. The van der Waals surface area contributed by atoms with Crippen LogP contribution in [0.1, 0.15) is 61.7 Å². The summed E-state index contributed by atoms with van der Waals surface area (Å²) in [5.74, 6) is -0.00632. The van der Waals surface area contributed by atoms with Crippen molar-refractivity contribution < 1.29 is 13.2 Å². The van der Waals surface area contributed by atoms with Crippen molar-refractivity contribution in [1.82, 2.24) is 9.62 Å². The van der Waals surface area contributed by atoms with Gasteiger partial charge in [-0.25, -0.2) is 13.1 Å². The van der Waals surface area contributed by atoms with E-state index in [2.05, 4.69) is 4.72 Å². The van der Waals surface area contributed by atoms with E-state index >= 15 is 0 Å². The largest absolute Gasteiger partial charge is 0.339 e. The molecule has 1 aliphatic heterocycles.